The lowest BCUT2D eigenvalue weighted by Gasteiger charge is -2.25. The molecule has 4 rings (SSSR count). The van der Waals surface area contributed by atoms with E-state index in [0.717, 1.165) is 0 Å². The van der Waals surface area contributed by atoms with Crippen LogP contribution in [0.2, 0.25) is 5.02 Å². The molecule has 1 saturated heterocycles. The predicted molar refractivity (Wildman–Crippen MR) is 120 cm³/mol. The Morgan fingerprint density at radius 2 is 1.88 bits per heavy atom. The molecule has 164 valence electrons. The quantitative estimate of drug-likeness (QED) is 0.332. The zero-order chi connectivity index (χ0) is 22.7. The van der Waals surface area contributed by atoms with Crippen LogP contribution < -0.4 is 4.74 Å². The summed E-state index contributed by atoms with van der Waals surface area (Å²) in [6.07, 6.45) is 5.84. The van der Waals surface area contributed by atoms with Gasteiger partial charge in [-0.15, -0.1) is 0 Å². The van der Waals surface area contributed by atoms with Crippen molar-refractivity contribution in [1.29, 1.82) is 0 Å². The summed E-state index contributed by atoms with van der Waals surface area (Å²) in [4.78, 5) is 31.6. The number of para-hydroxylation sites is 1. The van der Waals surface area contributed by atoms with Gasteiger partial charge in [0.2, 0.25) is 0 Å². The van der Waals surface area contributed by atoms with Gasteiger partial charge in [-0.3, -0.25) is 9.59 Å². The van der Waals surface area contributed by atoms with E-state index in [9.17, 15) is 14.7 Å². The number of Topliss-reactive ketones (excluding diaryl/α,β-unsaturated/α-hetero) is 1. The molecule has 1 amide bonds. The number of aryl methyl sites for hydroxylation is 1. The molecule has 0 saturated carbocycles. The number of nitrogens with zero attached hydrogens (tertiary/aromatic N) is 3. The molecule has 8 heteroatoms. The Labute approximate surface area is 190 Å². The lowest BCUT2D eigenvalue weighted by Crippen LogP contribution is -2.31. The van der Waals surface area contributed by atoms with E-state index in [1.807, 2.05) is 10.8 Å². The Morgan fingerprint density at radius 3 is 2.56 bits per heavy atom. The molecule has 2 heterocycles. The van der Waals surface area contributed by atoms with Crippen molar-refractivity contribution < 1.29 is 19.4 Å². The Morgan fingerprint density at radius 1 is 1.12 bits per heavy atom. The van der Waals surface area contributed by atoms with Gasteiger partial charge >= 0.3 is 0 Å². The van der Waals surface area contributed by atoms with E-state index in [1.165, 1.54) is 12.0 Å². The molecular formula is C24H22ClN3O4. The van der Waals surface area contributed by atoms with Crippen molar-refractivity contribution >= 4 is 29.1 Å². The second-order valence-corrected chi connectivity index (χ2v) is 7.83. The summed E-state index contributed by atoms with van der Waals surface area (Å²) in [5, 5.41) is 11.7. The topological polar surface area (TPSA) is 84.7 Å². The van der Waals surface area contributed by atoms with Gasteiger partial charge in [0.15, 0.2) is 0 Å². The molecule has 1 aliphatic heterocycles. The number of amides is 1. The predicted octanol–water partition coefficient (Wildman–Crippen LogP) is 4.06. The summed E-state index contributed by atoms with van der Waals surface area (Å²) >= 11 is 6.05. The molecule has 1 fully saturated rings. The normalized spacial score (nSPS) is 17.7. The third-order valence-electron chi connectivity index (χ3n) is 5.46. The van der Waals surface area contributed by atoms with Crippen LogP contribution >= 0.6 is 11.6 Å². The van der Waals surface area contributed by atoms with E-state index >= 15 is 0 Å². The highest BCUT2D eigenvalue weighted by Gasteiger charge is 2.46. The number of rotatable bonds is 7. The number of ketones is 1. The van der Waals surface area contributed by atoms with Crippen LogP contribution in [-0.2, 0) is 16.1 Å². The first-order chi connectivity index (χ1) is 15.5. The molecule has 0 spiro atoms. The zero-order valence-corrected chi connectivity index (χ0v) is 18.2. The Balaban J connectivity index is 1.76. The van der Waals surface area contributed by atoms with Crippen LogP contribution in [0.25, 0.3) is 5.76 Å². The number of aromatic nitrogens is 2. The number of aliphatic hydroxyl groups excluding tert-OH is 1. The van der Waals surface area contributed by atoms with Crippen molar-refractivity contribution in [2.24, 2.45) is 0 Å². The molecule has 0 aliphatic carbocycles. The van der Waals surface area contributed by atoms with Crippen LogP contribution in [0.1, 0.15) is 23.6 Å². The van der Waals surface area contributed by atoms with Gasteiger partial charge in [-0.05, 0) is 36.2 Å². The lowest BCUT2D eigenvalue weighted by atomic mass is 9.95. The fourth-order valence-electron chi connectivity index (χ4n) is 3.93. The molecule has 1 aromatic heterocycles. The van der Waals surface area contributed by atoms with Crippen LogP contribution in [0.5, 0.6) is 5.75 Å². The summed E-state index contributed by atoms with van der Waals surface area (Å²) in [7, 11) is 1.48. The maximum Gasteiger partial charge on any atom is 0.295 e. The highest BCUT2D eigenvalue weighted by molar-refractivity contribution is 6.46. The van der Waals surface area contributed by atoms with Crippen molar-refractivity contribution in [1.82, 2.24) is 14.5 Å². The molecule has 1 N–H and O–H groups in total. The first kappa shape index (κ1) is 21.6. The van der Waals surface area contributed by atoms with E-state index < -0.39 is 17.7 Å². The van der Waals surface area contributed by atoms with Crippen molar-refractivity contribution in [2.75, 3.05) is 13.7 Å². The summed E-state index contributed by atoms with van der Waals surface area (Å²) in [5.41, 5.74) is 1.07. The SMILES string of the molecule is COc1ccccc1/C(O)=C1\C(=O)C(=O)N(CCCn2ccnc2)C1c1ccc(Cl)cc1. The van der Waals surface area contributed by atoms with Gasteiger partial charge in [0.25, 0.3) is 11.7 Å². The monoisotopic (exact) mass is 451 g/mol. The summed E-state index contributed by atoms with van der Waals surface area (Å²) in [5.74, 6) is -1.23. The molecule has 32 heavy (non-hydrogen) atoms. The van der Waals surface area contributed by atoms with Crippen molar-refractivity contribution in [2.45, 2.75) is 19.0 Å². The van der Waals surface area contributed by atoms with Gasteiger partial charge in [-0.2, -0.15) is 0 Å². The van der Waals surface area contributed by atoms with Crippen LogP contribution in [0.15, 0.2) is 72.8 Å². The van der Waals surface area contributed by atoms with Gasteiger partial charge in [0.05, 0.1) is 30.6 Å². The third kappa shape index (κ3) is 4.11. The Kier molecular flexibility index (Phi) is 6.28. The van der Waals surface area contributed by atoms with Crippen LogP contribution in [0.3, 0.4) is 0 Å². The second kappa shape index (κ2) is 9.28. The van der Waals surface area contributed by atoms with Crippen molar-refractivity contribution in [3.63, 3.8) is 0 Å². The zero-order valence-electron chi connectivity index (χ0n) is 17.4. The van der Waals surface area contributed by atoms with Gasteiger partial charge < -0.3 is 19.3 Å². The van der Waals surface area contributed by atoms with E-state index in [-0.39, 0.29) is 11.3 Å². The number of methoxy groups -OCH3 is 1. The number of likely N-dealkylation sites (tertiary alicyclic amines) is 1. The number of halogens is 1. The van der Waals surface area contributed by atoms with E-state index in [1.54, 1.807) is 61.1 Å². The van der Waals surface area contributed by atoms with Gasteiger partial charge in [0, 0.05) is 30.5 Å². The molecule has 0 bridgehead atoms. The number of aliphatic hydroxyl groups is 1. The maximum atomic E-state index is 13.1. The fourth-order valence-corrected chi connectivity index (χ4v) is 4.06. The molecular weight excluding hydrogens is 430 g/mol. The van der Waals surface area contributed by atoms with E-state index in [4.69, 9.17) is 16.3 Å². The van der Waals surface area contributed by atoms with Crippen molar-refractivity contribution in [3.8, 4) is 5.75 Å². The number of carbonyl (C=O) groups is 2. The Bertz CT molecular complexity index is 1160. The molecule has 2 aromatic carbocycles. The number of hydrogen-bond donors (Lipinski definition) is 1. The average Bonchev–Trinajstić information content (AvgIpc) is 3.41. The number of ether oxygens (including phenoxy) is 1. The highest BCUT2D eigenvalue weighted by atomic mass is 35.5. The highest BCUT2D eigenvalue weighted by Crippen LogP contribution is 2.41. The third-order valence-corrected chi connectivity index (χ3v) is 5.71. The minimum Gasteiger partial charge on any atom is -0.507 e. The van der Waals surface area contributed by atoms with E-state index in [0.29, 0.717) is 41.4 Å². The minimum absolute atomic E-state index is 0.0319. The summed E-state index contributed by atoms with van der Waals surface area (Å²) in [6.45, 7) is 0.974. The average molecular weight is 452 g/mol. The standard InChI is InChI=1S/C24H22ClN3O4/c1-32-19-6-3-2-5-18(19)22(29)20-21(16-7-9-17(25)10-8-16)28(24(31)23(20)30)13-4-12-27-14-11-26-15-27/h2-3,5-11,14-15,21,29H,4,12-13H2,1H3/b22-20+. The second-order valence-electron chi connectivity index (χ2n) is 7.40. The molecule has 7 nitrogen and oxygen atoms in total. The number of imidazole rings is 1. The van der Waals surface area contributed by atoms with Crippen LogP contribution in [0, 0.1) is 0 Å². The molecule has 1 atom stereocenters. The van der Waals surface area contributed by atoms with Crippen molar-refractivity contribution in [3.05, 3.63) is 89.0 Å². The smallest absolute Gasteiger partial charge is 0.295 e. The van der Waals surface area contributed by atoms with Gasteiger partial charge in [-0.25, -0.2) is 4.98 Å². The van der Waals surface area contributed by atoms with E-state index in [2.05, 4.69) is 4.98 Å². The number of benzene rings is 2. The number of carbonyl (C=O) groups excluding carboxylic acids is 2. The molecule has 1 aliphatic rings. The Hall–Kier alpha value is -3.58. The first-order valence-corrected chi connectivity index (χ1v) is 10.5. The van der Waals surface area contributed by atoms with Gasteiger partial charge in [0.1, 0.15) is 11.5 Å². The minimum atomic E-state index is -0.736. The summed E-state index contributed by atoms with van der Waals surface area (Å²) in [6, 6.07) is 13.0. The first-order valence-electron chi connectivity index (χ1n) is 10.1. The molecule has 3 aromatic rings. The molecule has 0 radical (unpaired) electrons. The van der Waals surface area contributed by atoms with Crippen LogP contribution in [-0.4, -0.2) is 44.9 Å². The largest absolute Gasteiger partial charge is 0.507 e. The lowest BCUT2D eigenvalue weighted by molar-refractivity contribution is -0.139. The van der Waals surface area contributed by atoms with Gasteiger partial charge in [-0.1, -0.05) is 35.9 Å². The maximum absolute atomic E-state index is 13.1. The molecule has 1 unspecified atom stereocenters. The van der Waals surface area contributed by atoms with Crippen LogP contribution in [0.4, 0.5) is 0 Å². The summed E-state index contributed by atoms with van der Waals surface area (Å²) < 4.78 is 7.25. The number of hydrogen-bond acceptors (Lipinski definition) is 5. The fraction of sp³-hybridized carbons (Fsp3) is 0.208.